The number of nitriles is 1. The number of benzene rings is 1. The number of nitrogens with one attached hydrogen (secondary N) is 1. The molecule has 4 nitrogen and oxygen atoms in total. The van der Waals surface area contributed by atoms with Crippen LogP contribution in [-0.2, 0) is 6.54 Å². The Bertz CT molecular complexity index is 607. The van der Waals surface area contributed by atoms with E-state index in [1.54, 1.807) is 18.2 Å². The molecule has 0 saturated carbocycles. The van der Waals surface area contributed by atoms with Crippen molar-refractivity contribution in [2.24, 2.45) is 0 Å². The van der Waals surface area contributed by atoms with E-state index in [1.807, 2.05) is 18.4 Å². The zero-order valence-corrected chi connectivity index (χ0v) is 11.8. The second kappa shape index (κ2) is 6.41. The minimum Gasteiger partial charge on any atom is -0.366 e. The maximum atomic E-state index is 8.73. The smallest absolute Gasteiger partial charge is 0.190 e. The van der Waals surface area contributed by atoms with Crippen LogP contribution in [0.3, 0.4) is 0 Å². The number of halogens is 1. The molecule has 0 atom stereocenters. The van der Waals surface area contributed by atoms with Crippen LogP contribution in [0.15, 0.2) is 35.5 Å². The topological polar surface area (TPSA) is 61.6 Å². The highest BCUT2D eigenvalue weighted by atomic mass is 35.5. The highest BCUT2D eigenvalue weighted by Crippen LogP contribution is 2.17. The second-order valence-corrected chi connectivity index (χ2v) is 4.89. The van der Waals surface area contributed by atoms with Gasteiger partial charge in [-0.25, -0.2) is 9.97 Å². The van der Waals surface area contributed by atoms with Crippen LogP contribution in [0.2, 0.25) is 5.15 Å². The van der Waals surface area contributed by atoms with Gasteiger partial charge in [-0.1, -0.05) is 35.5 Å². The molecule has 1 N–H and O–H groups in total. The van der Waals surface area contributed by atoms with E-state index >= 15 is 0 Å². The fourth-order valence-corrected chi connectivity index (χ4v) is 2.08. The molecule has 19 heavy (non-hydrogen) atoms. The van der Waals surface area contributed by atoms with E-state index in [4.69, 9.17) is 16.9 Å². The van der Waals surface area contributed by atoms with E-state index in [0.717, 1.165) is 5.56 Å². The maximum Gasteiger partial charge on any atom is 0.190 e. The molecular weight excluding hydrogens is 280 g/mol. The Morgan fingerprint density at radius 3 is 2.68 bits per heavy atom. The van der Waals surface area contributed by atoms with E-state index in [2.05, 4.69) is 21.4 Å². The van der Waals surface area contributed by atoms with Crippen LogP contribution in [0, 0.1) is 11.3 Å². The molecule has 0 aliphatic heterocycles. The van der Waals surface area contributed by atoms with Crippen LogP contribution in [-0.4, -0.2) is 16.2 Å². The van der Waals surface area contributed by atoms with Gasteiger partial charge in [0.1, 0.15) is 11.0 Å². The Morgan fingerprint density at radius 1 is 1.32 bits per heavy atom. The first-order chi connectivity index (χ1) is 9.21. The van der Waals surface area contributed by atoms with Crippen molar-refractivity contribution in [2.45, 2.75) is 11.7 Å². The molecule has 0 bridgehead atoms. The fraction of sp³-hybridized carbons (Fsp3) is 0.154. The number of hydrogen-bond acceptors (Lipinski definition) is 5. The maximum absolute atomic E-state index is 8.73. The molecule has 0 radical (unpaired) electrons. The monoisotopic (exact) mass is 290 g/mol. The van der Waals surface area contributed by atoms with E-state index in [-0.39, 0.29) is 0 Å². The Morgan fingerprint density at radius 2 is 2.05 bits per heavy atom. The molecular formula is C13H11ClN4S. The lowest BCUT2D eigenvalue weighted by Gasteiger charge is -2.07. The highest BCUT2D eigenvalue weighted by Gasteiger charge is 2.02. The summed E-state index contributed by atoms with van der Waals surface area (Å²) in [4.78, 5) is 8.38. The van der Waals surface area contributed by atoms with Crippen molar-refractivity contribution in [1.29, 1.82) is 5.26 Å². The third-order valence-corrected chi connectivity index (χ3v) is 3.15. The average Bonchev–Trinajstić information content (AvgIpc) is 2.45. The minimum absolute atomic E-state index is 0.418. The third kappa shape index (κ3) is 3.85. The number of nitrogens with zero attached hydrogens (tertiary/aromatic N) is 3. The number of hydrogen-bond donors (Lipinski definition) is 1. The molecule has 6 heteroatoms. The number of rotatable bonds is 4. The van der Waals surface area contributed by atoms with Crippen molar-refractivity contribution >= 4 is 29.2 Å². The molecule has 1 aromatic heterocycles. The van der Waals surface area contributed by atoms with Crippen LogP contribution in [0.5, 0.6) is 0 Å². The van der Waals surface area contributed by atoms with Crippen molar-refractivity contribution < 1.29 is 0 Å². The molecule has 96 valence electrons. The zero-order chi connectivity index (χ0) is 13.7. The molecule has 2 rings (SSSR count). The van der Waals surface area contributed by atoms with E-state index in [9.17, 15) is 0 Å². The van der Waals surface area contributed by atoms with Gasteiger partial charge < -0.3 is 5.32 Å². The first-order valence-electron chi connectivity index (χ1n) is 5.53. The lowest BCUT2D eigenvalue weighted by Crippen LogP contribution is -2.02. The largest absolute Gasteiger partial charge is 0.366 e. The van der Waals surface area contributed by atoms with Gasteiger partial charge >= 0.3 is 0 Å². The third-order valence-electron chi connectivity index (χ3n) is 2.41. The summed E-state index contributed by atoms with van der Waals surface area (Å²) in [5, 5.41) is 13.0. The van der Waals surface area contributed by atoms with Gasteiger partial charge in [0.25, 0.3) is 0 Å². The molecule has 0 spiro atoms. The van der Waals surface area contributed by atoms with Gasteiger partial charge in [-0.05, 0) is 24.0 Å². The van der Waals surface area contributed by atoms with E-state index < -0.39 is 0 Å². The van der Waals surface area contributed by atoms with Crippen LogP contribution in [0.4, 0.5) is 5.82 Å². The van der Waals surface area contributed by atoms with Gasteiger partial charge in [0.05, 0.1) is 11.6 Å². The fourth-order valence-electron chi connectivity index (χ4n) is 1.47. The number of thioether (sulfide) groups is 1. The van der Waals surface area contributed by atoms with E-state index in [0.29, 0.717) is 28.2 Å². The Balaban J connectivity index is 2.05. The SMILES string of the molecule is CSc1nc(Cl)cc(NCc2ccc(C#N)cc2)n1. The lowest BCUT2D eigenvalue weighted by atomic mass is 10.1. The first-order valence-corrected chi connectivity index (χ1v) is 7.13. The van der Waals surface area contributed by atoms with Gasteiger partial charge in [-0.15, -0.1) is 0 Å². The minimum atomic E-state index is 0.418. The normalized spacial score (nSPS) is 9.95. The zero-order valence-electron chi connectivity index (χ0n) is 10.2. The number of anilines is 1. The summed E-state index contributed by atoms with van der Waals surface area (Å²) in [6, 6.07) is 11.2. The molecule has 0 aliphatic rings. The Hall–Kier alpha value is -1.77. The second-order valence-electron chi connectivity index (χ2n) is 3.72. The molecule has 0 amide bonds. The van der Waals surface area contributed by atoms with Crippen molar-refractivity contribution in [3.8, 4) is 6.07 Å². The summed E-state index contributed by atoms with van der Waals surface area (Å²) in [5.41, 5.74) is 1.72. The van der Waals surface area contributed by atoms with Gasteiger partial charge in [-0.2, -0.15) is 5.26 Å². The Kier molecular flexibility index (Phi) is 4.61. The highest BCUT2D eigenvalue weighted by molar-refractivity contribution is 7.98. The van der Waals surface area contributed by atoms with Gasteiger partial charge in [0.2, 0.25) is 0 Å². The molecule has 0 aliphatic carbocycles. The van der Waals surface area contributed by atoms with Crippen LogP contribution < -0.4 is 5.32 Å². The molecule has 2 aromatic rings. The predicted molar refractivity (Wildman–Crippen MR) is 77.3 cm³/mol. The van der Waals surface area contributed by atoms with Gasteiger partial charge in [0.15, 0.2) is 5.16 Å². The summed E-state index contributed by atoms with van der Waals surface area (Å²) in [5.74, 6) is 0.689. The van der Waals surface area contributed by atoms with Gasteiger partial charge in [0, 0.05) is 12.6 Å². The summed E-state index contributed by atoms with van der Waals surface area (Å²) in [7, 11) is 0. The van der Waals surface area contributed by atoms with E-state index in [1.165, 1.54) is 11.8 Å². The van der Waals surface area contributed by atoms with Crippen LogP contribution >= 0.6 is 23.4 Å². The van der Waals surface area contributed by atoms with Crippen molar-refractivity contribution in [1.82, 2.24) is 9.97 Å². The average molecular weight is 291 g/mol. The first kappa shape index (κ1) is 13.7. The standard InChI is InChI=1S/C13H11ClN4S/c1-19-13-17-11(14)6-12(18-13)16-8-10-4-2-9(7-15)3-5-10/h2-6H,8H2,1H3,(H,16,17,18). The summed E-state index contributed by atoms with van der Waals surface area (Å²) in [6.07, 6.45) is 1.90. The van der Waals surface area contributed by atoms with Crippen LogP contribution in [0.25, 0.3) is 0 Å². The van der Waals surface area contributed by atoms with Crippen molar-refractivity contribution in [2.75, 3.05) is 11.6 Å². The number of aromatic nitrogens is 2. The molecule has 1 heterocycles. The summed E-state index contributed by atoms with van der Waals surface area (Å²) in [6.45, 7) is 0.618. The van der Waals surface area contributed by atoms with Crippen molar-refractivity contribution in [3.63, 3.8) is 0 Å². The molecule has 0 saturated heterocycles. The quantitative estimate of drug-likeness (QED) is 0.531. The van der Waals surface area contributed by atoms with Crippen molar-refractivity contribution in [3.05, 3.63) is 46.6 Å². The van der Waals surface area contributed by atoms with Crippen LogP contribution in [0.1, 0.15) is 11.1 Å². The summed E-state index contributed by atoms with van der Waals surface area (Å²) >= 11 is 7.35. The Labute approximate surface area is 120 Å². The summed E-state index contributed by atoms with van der Waals surface area (Å²) < 4.78 is 0. The van der Waals surface area contributed by atoms with Gasteiger partial charge in [-0.3, -0.25) is 0 Å². The predicted octanol–water partition coefficient (Wildman–Crippen LogP) is 3.34. The molecule has 0 unspecified atom stereocenters. The molecule has 1 aromatic carbocycles. The lowest BCUT2D eigenvalue weighted by molar-refractivity contribution is 0.956. The molecule has 0 fully saturated rings.